The number of benzene rings is 2. The van der Waals surface area contributed by atoms with Gasteiger partial charge in [0.25, 0.3) is 0 Å². The second-order valence-electron chi connectivity index (χ2n) is 5.62. The molecule has 23 heavy (non-hydrogen) atoms. The van der Waals surface area contributed by atoms with E-state index in [0.29, 0.717) is 13.1 Å². The summed E-state index contributed by atoms with van der Waals surface area (Å²) >= 11 is 0. The number of amides is 2. The van der Waals surface area contributed by atoms with Crippen molar-refractivity contribution in [3.8, 4) is 0 Å². The van der Waals surface area contributed by atoms with E-state index in [1.165, 1.54) is 6.07 Å². The summed E-state index contributed by atoms with van der Waals surface area (Å²) in [5.74, 6) is -0.437. The Morgan fingerprint density at radius 1 is 1.00 bits per heavy atom. The van der Waals surface area contributed by atoms with E-state index in [9.17, 15) is 9.18 Å². The normalized spacial score (nSPS) is 10.6. The minimum atomic E-state index is -0.437. The van der Waals surface area contributed by atoms with Crippen LogP contribution < -0.4 is 5.32 Å². The van der Waals surface area contributed by atoms with Gasteiger partial charge in [0.05, 0.1) is 5.69 Å². The van der Waals surface area contributed by atoms with Crippen LogP contribution in [-0.2, 0) is 6.54 Å². The molecule has 2 rings (SSSR count). The maximum atomic E-state index is 13.7. The number of carbonyl (C=O) groups excluding carboxylic acids is 1. The molecule has 0 aliphatic heterocycles. The minimum Gasteiger partial charge on any atom is -0.319 e. The fourth-order valence-corrected chi connectivity index (χ4v) is 2.13. The maximum absolute atomic E-state index is 13.7. The van der Waals surface area contributed by atoms with Gasteiger partial charge >= 0.3 is 6.03 Å². The van der Waals surface area contributed by atoms with Crippen molar-refractivity contribution in [2.45, 2.75) is 6.54 Å². The van der Waals surface area contributed by atoms with Crippen molar-refractivity contribution in [2.75, 3.05) is 32.5 Å². The Morgan fingerprint density at radius 2 is 1.65 bits per heavy atom. The molecule has 2 aromatic rings. The fourth-order valence-electron chi connectivity index (χ4n) is 2.13. The molecule has 0 saturated carbocycles. The van der Waals surface area contributed by atoms with Crippen molar-refractivity contribution in [2.24, 2.45) is 0 Å². The van der Waals surface area contributed by atoms with E-state index in [1.54, 1.807) is 23.1 Å². The molecule has 0 fully saturated rings. The molecule has 0 atom stereocenters. The molecule has 0 aliphatic rings. The Bertz CT molecular complexity index is 631. The number of para-hydroxylation sites is 1. The second-order valence-corrected chi connectivity index (χ2v) is 5.62. The average molecular weight is 315 g/mol. The molecular formula is C18H22FN3O. The molecule has 4 nitrogen and oxygen atoms in total. The molecule has 2 aromatic carbocycles. The predicted molar refractivity (Wildman–Crippen MR) is 90.8 cm³/mol. The van der Waals surface area contributed by atoms with Crippen LogP contribution in [0.1, 0.15) is 5.56 Å². The van der Waals surface area contributed by atoms with Crippen LogP contribution in [0.5, 0.6) is 0 Å². The lowest BCUT2D eigenvalue weighted by Gasteiger charge is -2.25. The molecule has 0 aromatic heterocycles. The Morgan fingerprint density at radius 3 is 2.30 bits per heavy atom. The van der Waals surface area contributed by atoms with E-state index in [4.69, 9.17) is 0 Å². The number of rotatable bonds is 6. The van der Waals surface area contributed by atoms with Crippen molar-refractivity contribution < 1.29 is 9.18 Å². The highest BCUT2D eigenvalue weighted by Crippen LogP contribution is 2.14. The number of urea groups is 1. The largest absolute Gasteiger partial charge is 0.322 e. The highest BCUT2D eigenvalue weighted by atomic mass is 19.1. The third kappa shape index (κ3) is 5.38. The lowest BCUT2D eigenvalue weighted by atomic mass is 10.2. The standard InChI is InChI=1S/C18H22FN3O/c1-21(2)12-13-22(14-15-8-4-3-5-9-15)18(23)20-17-11-7-6-10-16(17)19/h3-11H,12-14H2,1-2H3,(H,20,23). The first kappa shape index (κ1) is 17.0. The zero-order valence-corrected chi connectivity index (χ0v) is 13.5. The molecule has 0 unspecified atom stereocenters. The van der Waals surface area contributed by atoms with Crippen LogP contribution in [0, 0.1) is 5.82 Å². The van der Waals surface area contributed by atoms with E-state index >= 15 is 0 Å². The van der Waals surface area contributed by atoms with E-state index in [0.717, 1.165) is 12.1 Å². The summed E-state index contributed by atoms with van der Waals surface area (Å²) in [5, 5.41) is 2.65. The molecule has 1 N–H and O–H groups in total. The lowest BCUT2D eigenvalue weighted by molar-refractivity contribution is 0.202. The van der Waals surface area contributed by atoms with E-state index in [-0.39, 0.29) is 11.7 Å². The summed E-state index contributed by atoms with van der Waals surface area (Å²) in [6.45, 7) is 1.77. The van der Waals surface area contributed by atoms with Gasteiger partial charge in [0.1, 0.15) is 5.82 Å². The van der Waals surface area contributed by atoms with Crippen LogP contribution in [0.2, 0.25) is 0 Å². The van der Waals surface area contributed by atoms with Gasteiger partial charge in [-0.15, -0.1) is 0 Å². The first-order valence-electron chi connectivity index (χ1n) is 7.55. The number of halogens is 1. The summed E-state index contributed by atoms with van der Waals surface area (Å²) < 4.78 is 13.7. The summed E-state index contributed by atoms with van der Waals surface area (Å²) in [6, 6.07) is 15.6. The quantitative estimate of drug-likeness (QED) is 0.886. The van der Waals surface area contributed by atoms with E-state index in [2.05, 4.69) is 5.32 Å². The summed E-state index contributed by atoms with van der Waals surface area (Å²) in [4.78, 5) is 16.2. The monoisotopic (exact) mass is 315 g/mol. The summed E-state index contributed by atoms with van der Waals surface area (Å²) in [6.07, 6.45) is 0. The SMILES string of the molecule is CN(C)CCN(Cc1ccccc1)C(=O)Nc1ccccc1F. The zero-order chi connectivity index (χ0) is 16.7. The molecule has 0 saturated heterocycles. The number of anilines is 1. The fraction of sp³-hybridized carbons (Fsp3) is 0.278. The topological polar surface area (TPSA) is 35.6 Å². The van der Waals surface area contributed by atoms with E-state index in [1.807, 2.05) is 49.3 Å². The van der Waals surface area contributed by atoms with Gasteiger partial charge in [0, 0.05) is 19.6 Å². The molecular weight excluding hydrogens is 293 g/mol. The van der Waals surface area contributed by atoms with Crippen molar-refractivity contribution in [1.82, 2.24) is 9.80 Å². The number of hydrogen-bond donors (Lipinski definition) is 1. The van der Waals surface area contributed by atoms with Gasteiger partial charge in [0.2, 0.25) is 0 Å². The van der Waals surface area contributed by atoms with Crippen molar-refractivity contribution in [3.63, 3.8) is 0 Å². The van der Waals surface area contributed by atoms with Crippen LogP contribution >= 0.6 is 0 Å². The highest BCUT2D eigenvalue weighted by molar-refractivity contribution is 5.89. The van der Waals surface area contributed by atoms with Crippen LogP contribution in [0.3, 0.4) is 0 Å². The minimum absolute atomic E-state index is 0.195. The van der Waals surface area contributed by atoms with Gasteiger partial charge in [-0.3, -0.25) is 0 Å². The highest BCUT2D eigenvalue weighted by Gasteiger charge is 2.15. The third-order valence-corrected chi connectivity index (χ3v) is 3.44. The molecule has 2 amide bonds. The van der Waals surface area contributed by atoms with Crippen LogP contribution in [0.25, 0.3) is 0 Å². The van der Waals surface area contributed by atoms with Gasteiger partial charge in [-0.05, 0) is 31.8 Å². The lowest BCUT2D eigenvalue weighted by Crippen LogP contribution is -2.39. The Labute approximate surface area is 136 Å². The van der Waals surface area contributed by atoms with Crippen molar-refractivity contribution >= 4 is 11.7 Å². The molecule has 0 bridgehead atoms. The third-order valence-electron chi connectivity index (χ3n) is 3.44. The predicted octanol–water partition coefficient (Wildman–Crippen LogP) is 3.42. The number of nitrogens with one attached hydrogen (secondary N) is 1. The van der Waals surface area contributed by atoms with E-state index < -0.39 is 5.82 Å². The molecule has 0 radical (unpaired) electrons. The molecule has 5 heteroatoms. The van der Waals surface area contributed by atoms with Gasteiger partial charge in [0.15, 0.2) is 0 Å². The van der Waals surface area contributed by atoms with Crippen LogP contribution in [-0.4, -0.2) is 43.0 Å². The van der Waals surface area contributed by atoms with Crippen molar-refractivity contribution in [1.29, 1.82) is 0 Å². The van der Waals surface area contributed by atoms with Crippen LogP contribution in [0.15, 0.2) is 54.6 Å². The average Bonchev–Trinajstić information content (AvgIpc) is 2.54. The molecule has 0 aliphatic carbocycles. The maximum Gasteiger partial charge on any atom is 0.322 e. The Kier molecular flexibility index (Phi) is 6.11. The first-order chi connectivity index (χ1) is 11.1. The zero-order valence-electron chi connectivity index (χ0n) is 13.5. The summed E-state index contributed by atoms with van der Waals surface area (Å²) in [7, 11) is 3.91. The van der Waals surface area contributed by atoms with Crippen molar-refractivity contribution in [3.05, 3.63) is 66.0 Å². The van der Waals surface area contributed by atoms with Crippen LogP contribution in [0.4, 0.5) is 14.9 Å². The molecule has 0 spiro atoms. The Balaban J connectivity index is 2.09. The molecule has 122 valence electrons. The number of nitrogens with zero attached hydrogens (tertiary/aromatic N) is 2. The van der Waals surface area contributed by atoms with Gasteiger partial charge < -0.3 is 15.1 Å². The van der Waals surface area contributed by atoms with Gasteiger partial charge in [-0.25, -0.2) is 9.18 Å². The second kappa shape index (κ2) is 8.29. The summed E-state index contributed by atoms with van der Waals surface area (Å²) in [5.41, 5.74) is 1.23. The Hall–Kier alpha value is -2.40. The smallest absolute Gasteiger partial charge is 0.319 e. The molecule has 0 heterocycles. The van der Waals surface area contributed by atoms with Gasteiger partial charge in [-0.1, -0.05) is 42.5 Å². The van der Waals surface area contributed by atoms with Gasteiger partial charge in [-0.2, -0.15) is 0 Å². The number of hydrogen-bond acceptors (Lipinski definition) is 2. The number of likely N-dealkylation sites (N-methyl/N-ethyl adjacent to an activating group) is 1. The first-order valence-corrected chi connectivity index (χ1v) is 7.55. The number of carbonyl (C=O) groups is 1.